The summed E-state index contributed by atoms with van der Waals surface area (Å²) in [5.74, 6) is -1.61. The van der Waals surface area contributed by atoms with E-state index in [2.05, 4.69) is 9.82 Å². The second-order valence-corrected chi connectivity index (χ2v) is 7.12. The number of benzene rings is 2. The molecule has 0 spiro atoms. The van der Waals surface area contributed by atoms with Crippen LogP contribution in [-0.2, 0) is 16.6 Å². The van der Waals surface area contributed by atoms with Gasteiger partial charge in [-0.3, -0.25) is 0 Å². The Labute approximate surface area is 144 Å². The summed E-state index contributed by atoms with van der Waals surface area (Å²) in [6, 6.07) is 12.4. The van der Waals surface area contributed by atoms with Crippen molar-refractivity contribution in [3.63, 3.8) is 0 Å². The van der Waals surface area contributed by atoms with Crippen LogP contribution in [0.1, 0.15) is 11.3 Å². The van der Waals surface area contributed by atoms with Gasteiger partial charge in [0.1, 0.15) is 16.5 Å². The zero-order valence-corrected chi connectivity index (χ0v) is 14.1. The van der Waals surface area contributed by atoms with E-state index in [1.165, 1.54) is 16.9 Å². The van der Waals surface area contributed by atoms with Gasteiger partial charge in [0.15, 0.2) is 0 Å². The van der Waals surface area contributed by atoms with Gasteiger partial charge in [-0.25, -0.2) is 26.6 Å². The summed E-state index contributed by atoms with van der Waals surface area (Å²) < 4.78 is 55.9. The van der Waals surface area contributed by atoms with Gasteiger partial charge >= 0.3 is 0 Å². The van der Waals surface area contributed by atoms with Gasteiger partial charge in [0, 0.05) is 12.1 Å². The number of nitrogens with zero attached hydrogens (tertiary/aromatic N) is 2. The largest absolute Gasteiger partial charge is 0.244 e. The molecule has 0 saturated carbocycles. The number of para-hydroxylation sites is 1. The highest BCUT2D eigenvalue weighted by atomic mass is 32.2. The second kappa shape index (κ2) is 6.73. The Hall–Kier alpha value is -2.58. The highest BCUT2D eigenvalue weighted by Crippen LogP contribution is 2.18. The Kier molecular flexibility index (Phi) is 4.65. The number of hydrogen-bond acceptors (Lipinski definition) is 3. The van der Waals surface area contributed by atoms with Gasteiger partial charge in [-0.1, -0.05) is 24.3 Å². The van der Waals surface area contributed by atoms with E-state index in [-0.39, 0.29) is 16.2 Å². The number of hydrogen-bond donors (Lipinski definition) is 1. The van der Waals surface area contributed by atoms with Crippen molar-refractivity contribution < 1.29 is 17.2 Å². The van der Waals surface area contributed by atoms with Gasteiger partial charge in [-0.2, -0.15) is 5.10 Å². The van der Waals surface area contributed by atoms with Crippen LogP contribution in [0.25, 0.3) is 5.69 Å². The minimum Gasteiger partial charge on any atom is -0.239 e. The van der Waals surface area contributed by atoms with Crippen LogP contribution in [0.2, 0.25) is 0 Å². The van der Waals surface area contributed by atoms with Crippen molar-refractivity contribution in [1.82, 2.24) is 14.5 Å². The van der Waals surface area contributed by atoms with Gasteiger partial charge in [0.2, 0.25) is 10.0 Å². The molecule has 0 atom stereocenters. The molecule has 25 heavy (non-hydrogen) atoms. The third kappa shape index (κ3) is 3.59. The van der Waals surface area contributed by atoms with Crippen LogP contribution in [0.4, 0.5) is 8.78 Å². The monoisotopic (exact) mass is 363 g/mol. The fourth-order valence-electron chi connectivity index (χ4n) is 2.37. The first-order valence-corrected chi connectivity index (χ1v) is 8.91. The molecule has 0 amide bonds. The van der Waals surface area contributed by atoms with Crippen molar-refractivity contribution >= 4 is 10.0 Å². The maximum Gasteiger partial charge on any atom is 0.244 e. The van der Waals surface area contributed by atoms with Crippen LogP contribution >= 0.6 is 0 Å². The molecule has 3 aromatic rings. The van der Waals surface area contributed by atoms with Gasteiger partial charge in [-0.15, -0.1) is 0 Å². The predicted molar refractivity (Wildman–Crippen MR) is 88.7 cm³/mol. The highest BCUT2D eigenvalue weighted by Gasteiger charge is 2.22. The lowest BCUT2D eigenvalue weighted by atomic mass is 10.2. The maximum atomic E-state index is 13.6. The Morgan fingerprint density at radius 2 is 1.68 bits per heavy atom. The van der Waals surface area contributed by atoms with E-state index in [4.69, 9.17) is 0 Å². The summed E-state index contributed by atoms with van der Waals surface area (Å²) in [7, 11) is -3.98. The summed E-state index contributed by atoms with van der Waals surface area (Å²) in [5, 5.41) is 4.19. The van der Waals surface area contributed by atoms with E-state index in [0.717, 1.165) is 12.1 Å². The van der Waals surface area contributed by atoms with E-state index < -0.39 is 28.2 Å². The summed E-state index contributed by atoms with van der Waals surface area (Å²) >= 11 is 0. The van der Waals surface area contributed by atoms with Crippen LogP contribution in [0.15, 0.2) is 59.6 Å². The topological polar surface area (TPSA) is 64.0 Å². The van der Waals surface area contributed by atoms with Crippen LogP contribution in [0, 0.1) is 18.6 Å². The van der Waals surface area contributed by atoms with Crippen molar-refractivity contribution in [2.75, 3.05) is 0 Å². The van der Waals surface area contributed by atoms with E-state index in [9.17, 15) is 17.2 Å². The lowest BCUT2D eigenvalue weighted by Crippen LogP contribution is -2.24. The molecule has 1 aromatic heterocycles. The third-order valence-electron chi connectivity index (χ3n) is 3.66. The molecular weight excluding hydrogens is 348 g/mol. The summed E-state index contributed by atoms with van der Waals surface area (Å²) in [5.41, 5.74) is 0.650. The zero-order valence-electron chi connectivity index (χ0n) is 13.3. The SMILES string of the molecule is Cc1nn(-c2ccccc2)cc1S(=O)(=O)NCc1c(F)cccc1F. The number of sulfonamides is 1. The molecule has 3 rings (SSSR count). The number of aromatic nitrogens is 2. The molecule has 0 bridgehead atoms. The number of nitrogens with one attached hydrogen (secondary N) is 1. The van der Waals surface area contributed by atoms with Gasteiger partial charge < -0.3 is 0 Å². The molecule has 1 heterocycles. The first-order valence-electron chi connectivity index (χ1n) is 7.43. The summed E-state index contributed by atoms with van der Waals surface area (Å²) in [6.07, 6.45) is 1.37. The molecule has 5 nitrogen and oxygen atoms in total. The molecule has 1 N–H and O–H groups in total. The summed E-state index contributed by atoms with van der Waals surface area (Å²) in [4.78, 5) is -0.0481. The number of aryl methyl sites for hydroxylation is 1. The Bertz CT molecular complexity index is 982. The van der Waals surface area contributed by atoms with Crippen LogP contribution in [0.5, 0.6) is 0 Å². The smallest absolute Gasteiger partial charge is 0.239 e. The maximum absolute atomic E-state index is 13.6. The van der Waals surface area contributed by atoms with Gasteiger partial charge in [0.05, 0.1) is 17.6 Å². The average molecular weight is 363 g/mol. The molecule has 0 unspecified atom stereocenters. The molecule has 0 radical (unpaired) electrons. The van der Waals surface area contributed by atoms with Gasteiger partial charge in [0.25, 0.3) is 0 Å². The molecular formula is C17H15F2N3O2S. The highest BCUT2D eigenvalue weighted by molar-refractivity contribution is 7.89. The van der Waals surface area contributed by atoms with E-state index in [1.54, 1.807) is 31.2 Å². The molecule has 2 aromatic carbocycles. The van der Waals surface area contributed by atoms with Crippen molar-refractivity contribution in [3.8, 4) is 5.69 Å². The lowest BCUT2D eigenvalue weighted by molar-refractivity contribution is 0.544. The fourth-order valence-corrected chi connectivity index (χ4v) is 3.53. The lowest BCUT2D eigenvalue weighted by Gasteiger charge is -2.07. The Morgan fingerprint density at radius 1 is 1.04 bits per heavy atom. The zero-order chi connectivity index (χ0) is 18.0. The average Bonchev–Trinajstić information content (AvgIpc) is 2.98. The molecule has 0 saturated heterocycles. The Balaban J connectivity index is 1.87. The summed E-state index contributed by atoms with van der Waals surface area (Å²) in [6.45, 7) is 1.06. The van der Waals surface area contributed by atoms with Crippen molar-refractivity contribution in [3.05, 3.63) is 77.6 Å². The molecule has 0 aliphatic heterocycles. The van der Waals surface area contributed by atoms with E-state index >= 15 is 0 Å². The Morgan fingerprint density at radius 3 is 2.32 bits per heavy atom. The first-order chi connectivity index (χ1) is 11.9. The van der Waals surface area contributed by atoms with Crippen molar-refractivity contribution in [2.45, 2.75) is 18.4 Å². The molecule has 0 aliphatic rings. The predicted octanol–water partition coefficient (Wildman–Crippen LogP) is 2.94. The molecule has 0 fully saturated rings. The van der Waals surface area contributed by atoms with E-state index in [1.807, 2.05) is 6.07 Å². The molecule has 0 aliphatic carbocycles. The molecule has 8 heteroatoms. The minimum absolute atomic E-state index is 0.0481. The van der Waals surface area contributed by atoms with Gasteiger partial charge in [-0.05, 0) is 31.2 Å². The van der Waals surface area contributed by atoms with E-state index in [0.29, 0.717) is 5.69 Å². The van der Waals surface area contributed by atoms with Crippen LogP contribution in [-0.4, -0.2) is 18.2 Å². The minimum atomic E-state index is -3.98. The normalized spacial score (nSPS) is 11.6. The van der Waals surface area contributed by atoms with Crippen LogP contribution in [0.3, 0.4) is 0 Å². The fraction of sp³-hybridized carbons (Fsp3) is 0.118. The molecule has 130 valence electrons. The standard InChI is InChI=1S/C17H15F2N3O2S/c1-12-17(11-22(21-12)13-6-3-2-4-7-13)25(23,24)20-10-14-15(18)8-5-9-16(14)19/h2-9,11,20H,10H2,1H3. The third-order valence-corrected chi connectivity index (χ3v) is 5.17. The quantitative estimate of drug-likeness (QED) is 0.758. The van der Waals surface area contributed by atoms with Crippen molar-refractivity contribution in [1.29, 1.82) is 0 Å². The second-order valence-electron chi connectivity index (χ2n) is 5.38. The van der Waals surface area contributed by atoms with Crippen LogP contribution < -0.4 is 4.72 Å². The number of rotatable bonds is 5. The number of halogens is 2. The van der Waals surface area contributed by atoms with Crippen molar-refractivity contribution in [2.24, 2.45) is 0 Å². The first kappa shape index (κ1) is 17.2.